The van der Waals surface area contributed by atoms with E-state index in [1.807, 2.05) is 4.68 Å². The highest BCUT2D eigenvalue weighted by Gasteiger charge is 2.06. The Balaban J connectivity index is 2.00. The monoisotopic (exact) mass is 178 g/mol. The molecule has 1 aromatic rings. The molecule has 0 radical (unpaired) electrons. The van der Waals surface area contributed by atoms with Crippen molar-refractivity contribution in [2.45, 2.75) is 32.4 Å². The number of hydrogen-bond donors (Lipinski definition) is 1. The highest BCUT2D eigenvalue weighted by molar-refractivity contribution is 5.07. The summed E-state index contributed by atoms with van der Waals surface area (Å²) in [5.41, 5.74) is 6.88. The fraction of sp³-hybridized carbons (Fsp3) is 0.556. The van der Waals surface area contributed by atoms with Gasteiger partial charge in [0.2, 0.25) is 0 Å². The summed E-state index contributed by atoms with van der Waals surface area (Å²) < 4.78 is 1.86. The lowest BCUT2D eigenvalue weighted by molar-refractivity contribution is 0.649. The first-order valence-electron chi connectivity index (χ1n) is 4.65. The zero-order valence-electron chi connectivity index (χ0n) is 7.61. The van der Waals surface area contributed by atoms with Gasteiger partial charge in [0.05, 0.1) is 13.1 Å². The number of allylic oxidation sites excluding steroid dienone is 2. The van der Waals surface area contributed by atoms with Gasteiger partial charge in [-0.1, -0.05) is 11.6 Å². The highest BCUT2D eigenvalue weighted by atomic mass is 15.3. The largest absolute Gasteiger partial charge is 0.324 e. The molecule has 0 saturated heterocycles. The third-order valence-corrected chi connectivity index (χ3v) is 2.27. The van der Waals surface area contributed by atoms with Crippen molar-refractivity contribution in [3.63, 3.8) is 0 Å². The van der Waals surface area contributed by atoms with Gasteiger partial charge < -0.3 is 5.73 Å². The predicted molar refractivity (Wildman–Crippen MR) is 49.8 cm³/mol. The van der Waals surface area contributed by atoms with Crippen molar-refractivity contribution in [2.24, 2.45) is 5.73 Å². The van der Waals surface area contributed by atoms with Gasteiger partial charge in [0, 0.05) is 0 Å². The number of aromatic nitrogens is 3. The lowest BCUT2D eigenvalue weighted by Gasteiger charge is -2.00. The van der Waals surface area contributed by atoms with E-state index in [-0.39, 0.29) is 0 Å². The van der Waals surface area contributed by atoms with Gasteiger partial charge in [-0.25, -0.2) is 9.67 Å². The molecule has 1 aromatic heterocycles. The highest BCUT2D eigenvalue weighted by Crippen LogP contribution is 2.18. The first-order chi connectivity index (χ1) is 6.38. The minimum Gasteiger partial charge on any atom is -0.324 e. The van der Waals surface area contributed by atoms with Crippen LogP contribution < -0.4 is 5.73 Å². The molecular formula is C9H14N4. The Morgan fingerprint density at radius 3 is 3.08 bits per heavy atom. The van der Waals surface area contributed by atoms with Gasteiger partial charge in [0.25, 0.3) is 0 Å². The molecule has 0 spiro atoms. The second kappa shape index (κ2) is 3.70. The van der Waals surface area contributed by atoms with Gasteiger partial charge >= 0.3 is 0 Å². The number of nitrogens with zero attached hydrogens (tertiary/aromatic N) is 3. The Labute approximate surface area is 77.5 Å². The van der Waals surface area contributed by atoms with E-state index in [1.54, 1.807) is 6.33 Å². The predicted octanol–water partition coefficient (Wildman–Crippen LogP) is 0.847. The molecule has 0 bridgehead atoms. The second-order valence-corrected chi connectivity index (χ2v) is 3.32. The lowest BCUT2D eigenvalue weighted by atomic mass is 10.2. The van der Waals surface area contributed by atoms with Crippen LogP contribution >= 0.6 is 0 Å². The standard InChI is InChI=1S/C9H14N4/c10-5-9-11-7-13(12-9)6-8-3-1-2-4-8/h3,7H,1-2,4-6,10H2. The molecule has 1 heterocycles. The number of nitrogens with two attached hydrogens (primary N) is 1. The molecule has 0 aromatic carbocycles. The van der Waals surface area contributed by atoms with Gasteiger partial charge in [-0.3, -0.25) is 0 Å². The van der Waals surface area contributed by atoms with Crippen LogP contribution in [0.2, 0.25) is 0 Å². The van der Waals surface area contributed by atoms with E-state index in [1.165, 1.54) is 24.8 Å². The van der Waals surface area contributed by atoms with Crippen LogP contribution in [0.1, 0.15) is 25.1 Å². The molecule has 70 valence electrons. The van der Waals surface area contributed by atoms with Gasteiger partial charge in [0.15, 0.2) is 5.82 Å². The first kappa shape index (κ1) is 8.44. The molecule has 13 heavy (non-hydrogen) atoms. The van der Waals surface area contributed by atoms with Crippen LogP contribution in [0.4, 0.5) is 0 Å². The van der Waals surface area contributed by atoms with Crippen LogP contribution in [0.5, 0.6) is 0 Å². The number of rotatable bonds is 3. The fourth-order valence-electron chi connectivity index (χ4n) is 1.59. The van der Waals surface area contributed by atoms with Crippen molar-refractivity contribution in [3.05, 3.63) is 23.8 Å². The molecule has 0 atom stereocenters. The molecule has 2 N–H and O–H groups in total. The summed E-state index contributed by atoms with van der Waals surface area (Å²) in [5, 5.41) is 4.23. The van der Waals surface area contributed by atoms with Crippen molar-refractivity contribution < 1.29 is 0 Å². The van der Waals surface area contributed by atoms with Crippen molar-refractivity contribution in [1.82, 2.24) is 14.8 Å². The van der Waals surface area contributed by atoms with E-state index in [2.05, 4.69) is 16.2 Å². The molecule has 2 rings (SSSR count). The van der Waals surface area contributed by atoms with Crippen molar-refractivity contribution in [2.75, 3.05) is 0 Å². The van der Waals surface area contributed by atoms with E-state index in [4.69, 9.17) is 5.73 Å². The van der Waals surface area contributed by atoms with E-state index in [0.29, 0.717) is 6.54 Å². The summed E-state index contributed by atoms with van der Waals surface area (Å²) in [4.78, 5) is 4.08. The van der Waals surface area contributed by atoms with Gasteiger partial charge in [0.1, 0.15) is 6.33 Å². The Hall–Kier alpha value is -1.16. The number of hydrogen-bond acceptors (Lipinski definition) is 3. The SMILES string of the molecule is NCc1ncn(CC2=CCCC2)n1. The average molecular weight is 178 g/mol. The van der Waals surface area contributed by atoms with Gasteiger partial charge in [-0.15, -0.1) is 0 Å². The van der Waals surface area contributed by atoms with E-state index < -0.39 is 0 Å². The van der Waals surface area contributed by atoms with Crippen LogP contribution in [0.15, 0.2) is 18.0 Å². The summed E-state index contributed by atoms with van der Waals surface area (Å²) in [6, 6.07) is 0. The van der Waals surface area contributed by atoms with Gasteiger partial charge in [-0.05, 0) is 19.3 Å². The van der Waals surface area contributed by atoms with Crippen molar-refractivity contribution in [3.8, 4) is 0 Å². The van der Waals surface area contributed by atoms with Crippen LogP contribution in [0, 0.1) is 0 Å². The van der Waals surface area contributed by atoms with E-state index in [0.717, 1.165) is 12.4 Å². The zero-order chi connectivity index (χ0) is 9.10. The Bertz CT molecular complexity index is 313. The smallest absolute Gasteiger partial charge is 0.164 e. The third-order valence-electron chi connectivity index (χ3n) is 2.27. The summed E-state index contributed by atoms with van der Waals surface area (Å²) in [5.74, 6) is 0.721. The molecule has 0 unspecified atom stereocenters. The molecule has 1 aliphatic carbocycles. The minimum atomic E-state index is 0.423. The molecule has 1 aliphatic rings. The van der Waals surface area contributed by atoms with Crippen LogP contribution in [-0.4, -0.2) is 14.8 Å². The van der Waals surface area contributed by atoms with Gasteiger partial charge in [-0.2, -0.15) is 5.10 Å². The fourth-order valence-corrected chi connectivity index (χ4v) is 1.59. The average Bonchev–Trinajstić information content (AvgIpc) is 2.76. The van der Waals surface area contributed by atoms with Crippen molar-refractivity contribution in [1.29, 1.82) is 0 Å². The summed E-state index contributed by atoms with van der Waals surface area (Å²) in [6.07, 6.45) is 7.75. The molecule has 0 fully saturated rings. The molecule has 4 nitrogen and oxygen atoms in total. The first-order valence-corrected chi connectivity index (χ1v) is 4.65. The second-order valence-electron chi connectivity index (χ2n) is 3.32. The maximum atomic E-state index is 5.42. The van der Waals surface area contributed by atoms with Crippen LogP contribution in [0.3, 0.4) is 0 Å². The normalized spacial score (nSPS) is 16.2. The lowest BCUT2D eigenvalue weighted by Crippen LogP contribution is -2.03. The maximum Gasteiger partial charge on any atom is 0.164 e. The molecular weight excluding hydrogens is 164 g/mol. The topological polar surface area (TPSA) is 56.7 Å². The van der Waals surface area contributed by atoms with Crippen LogP contribution in [-0.2, 0) is 13.1 Å². The molecule has 0 aliphatic heterocycles. The zero-order valence-corrected chi connectivity index (χ0v) is 7.61. The molecule has 0 amide bonds. The molecule has 0 saturated carbocycles. The maximum absolute atomic E-state index is 5.42. The quantitative estimate of drug-likeness (QED) is 0.698. The van der Waals surface area contributed by atoms with Crippen LogP contribution in [0.25, 0.3) is 0 Å². The third kappa shape index (κ3) is 1.95. The van der Waals surface area contributed by atoms with E-state index >= 15 is 0 Å². The Kier molecular flexibility index (Phi) is 2.40. The molecule has 4 heteroatoms. The summed E-state index contributed by atoms with van der Waals surface area (Å²) in [7, 11) is 0. The van der Waals surface area contributed by atoms with Crippen molar-refractivity contribution >= 4 is 0 Å². The summed E-state index contributed by atoms with van der Waals surface area (Å²) >= 11 is 0. The minimum absolute atomic E-state index is 0.423. The van der Waals surface area contributed by atoms with E-state index in [9.17, 15) is 0 Å². The Morgan fingerprint density at radius 2 is 2.46 bits per heavy atom. The Morgan fingerprint density at radius 1 is 1.54 bits per heavy atom. The summed E-state index contributed by atoms with van der Waals surface area (Å²) in [6.45, 7) is 1.30.